The van der Waals surface area contributed by atoms with Crippen LogP contribution in [0.1, 0.15) is 45.4 Å². The molecule has 1 aliphatic carbocycles. The molecule has 0 radical (unpaired) electrons. The van der Waals surface area contributed by atoms with Crippen LogP contribution in [0.2, 0.25) is 0 Å². The van der Waals surface area contributed by atoms with E-state index in [-0.39, 0.29) is 6.42 Å². The Bertz CT molecular complexity index is 554. The van der Waals surface area contributed by atoms with Crippen LogP contribution in [-0.4, -0.2) is 75.3 Å². The van der Waals surface area contributed by atoms with Gasteiger partial charge in [0, 0.05) is 38.4 Å². The van der Waals surface area contributed by atoms with Gasteiger partial charge in [0.15, 0.2) is 0 Å². The summed E-state index contributed by atoms with van der Waals surface area (Å²) in [6, 6.07) is 5.96. The van der Waals surface area contributed by atoms with Crippen LogP contribution in [0.3, 0.4) is 0 Å². The van der Waals surface area contributed by atoms with Crippen LogP contribution in [0.4, 0.5) is 5.82 Å². The average Bonchev–Trinajstić information content (AvgIpc) is 2.64. The van der Waals surface area contributed by atoms with Crippen molar-refractivity contribution in [3.8, 4) is 0 Å². The minimum absolute atomic E-state index is 0.107. The number of piperazine rings is 1. The van der Waals surface area contributed by atoms with Crippen molar-refractivity contribution in [3.63, 3.8) is 0 Å². The number of nitrogen functional groups attached to an aromatic ring is 1. The molecule has 1 aromatic rings. The van der Waals surface area contributed by atoms with E-state index in [1.54, 1.807) is 12.3 Å². The Morgan fingerprint density at radius 3 is 2.37 bits per heavy atom. The van der Waals surface area contributed by atoms with Crippen LogP contribution in [-0.2, 0) is 4.79 Å². The topological polar surface area (TPSA) is 103 Å². The maximum Gasteiger partial charge on any atom is 0.306 e. The largest absolute Gasteiger partial charge is 0.481 e. The third kappa shape index (κ3) is 7.44. The maximum atomic E-state index is 10.8. The molecule has 4 N–H and O–H groups in total. The van der Waals surface area contributed by atoms with Crippen LogP contribution in [0.5, 0.6) is 0 Å². The number of aromatic nitrogens is 1. The van der Waals surface area contributed by atoms with E-state index < -0.39 is 11.6 Å². The number of carboxylic acid groups (broad SMARTS) is 1. The molecule has 3 rings (SSSR count). The van der Waals surface area contributed by atoms with Gasteiger partial charge in [-0.3, -0.25) is 9.69 Å². The molecule has 0 amide bonds. The number of rotatable bonds is 5. The lowest BCUT2D eigenvalue weighted by Crippen LogP contribution is -2.52. The smallest absolute Gasteiger partial charge is 0.306 e. The van der Waals surface area contributed by atoms with Crippen molar-refractivity contribution in [1.82, 2.24) is 14.8 Å². The molecule has 7 nitrogen and oxygen atoms in total. The molecule has 1 aromatic heterocycles. The van der Waals surface area contributed by atoms with Gasteiger partial charge < -0.3 is 20.8 Å². The average molecular weight is 379 g/mol. The Morgan fingerprint density at radius 1 is 1.26 bits per heavy atom. The second-order valence-corrected chi connectivity index (χ2v) is 7.66. The molecular formula is C20H34N4O3. The molecular weight excluding hydrogens is 344 g/mol. The number of anilines is 1. The molecule has 2 aliphatic rings. The van der Waals surface area contributed by atoms with Gasteiger partial charge in [-0.05, 0) is 50.8 Å². The van der Waals surface area contributed by atoms with E-state index >= 15 is 0 Å². The normalized spacial score (nSPS) is 26.8. The summed E-state index contributed by atoms with van der Waals surface area (Å²) in [6.45, 7) is 7.92. The molecule has 0 unspecified atom stereocenters. The Labute approximate surface area is 162 Å². The van der Waals surface area contributed by atoms with Crippen LogP contribution in [0.15, 0.2) is 24.4 Å². The summed E-state index contributed by atoms with van der Waals surface area (Å²) in [5, 5.41) is 19.1. The molecule has 152 valence electrons. The number of nitrogens with zero attached hydrogens (tertiary/aromatic N) is 3. The van der Waals surface area contributed by atoms with Gasteiger partial charge in [-0.15, -0.1) is 0 Å². The van der Waals surface area contributed by atoms with Gasteiger partial charge in [0.05, 0.1) is 12.0 Å². The second-order valence-electron chi connectivity index (χ2n) is 7.66. The fourth-order valence-corrected chi connectivity index (χ4v) is 4.01. The van der Waals surface area contributed by atoms with Crippen LogP contribution < -0.4 is 5.73 Å². The van der Waals surface area contributed by atoms with E-state index in [4.69, 9.17) is 10.8 Å². The fraction of sp³-hybridized carbons (Fsp3) is 0.700. The number of aliphatic carboxylic acids is 1. The molecule has 0 atom stereocenters. The SMILES string of the molecule is CCCN1CCN(C2CCC(O)(CC(=O)O)CC2)CC1.Nc1ccccn1. The van der Waals surface area contributed by atoms with Gasteiger partial charge in [-0.1, -0.05) is 13.0 Å². The summed E-state index contributed by atoms with van der Waals surface area (Å²) in [5.74, 6) is -0.318. The number of nitrogens with two attached hydrogens (primary N) is 1. The minimum atomic E-state index is -0.966. The predicted octanol–water partition coefficient (Wildman–Crippen LogP) is 1.83. The highest BCUT2D eigenvalue weighted by molar-refractivity contribution is 5.68. The number of pyridine rings is 1. The van der Waals surface area contributed by atoms with Gasteiger partial charge in [-0.25, -0.2) is 4.98 Å². The number of hydrogen-bond acceptors (Lipinski definition) is 6. The highest BCUT2D eigenvalue weighted by Gasteiger charge is 2.37. The number of carbonyl (C=O) groups is 1. The Hall–Kier alpha value is -1.70. The van der Waals surface area contributed by atoms with Gasteiger partial charge in [0.2, 0.25) is 0 Å². The van der Waals surface area contributed by atoms with Crippen molar-refractivity contribution in [1.29, 1.82) is 0 Å². The zero-order valence-electron chi connectivity index (χ0n) is 16.4. The molecule has 2 heterocycles. The van der Waals surface area contributed by atoms with E-state index in [1.165, 1.54) is 13.0 Å². The summed E-state index contributed by atoms with van der Waals surface area (Å²) >= 11 is 0. The van der Waals surface area contributed by atoms with Crippen molar-refractivity contribution in [3.05, 3.63) is 24.4 Å². The number of carboxylic acids is 1. The summed E-state index contributed by atoms with van der Waals surface area (Å²) in [4.78, 5) is 19.6. The highest BCUT2D eigenvalue weighted by atomic mass is 16.4. The second kappa shape index (κ2) is 10.6. The van der Waals surface area contributed by atoms with Crippen molar-refractivity contribution in [2.75, 3.05) is 38.5 Å². The first kappa shape index (κ1) is 21.6. The summed E-state index contributed by atoms with van der Waals surface area (Å²) < 4.78 is 0. The van der Waals surface area contributed by atoms with Crippen molar-refractivity contribution >= 4 is 11.8 Å². The Kier molecular flexibility index (Phi) is 8.47. The quantitative estimate of drug-likeness (QED) is 0.718. The lowest BCUT2D eigenvalue weighted by Gasteiger charge is -2.43. The fourth-order valence-electron chi connectivity index (χ4n) is 4.01. The molecule has 1 aliphatic heterocycles. The Balaban J connectivity index is 0.000000313. The van der Waals surface area contributed by atoms with Crippen molar-refractivity contribution in [2.45, 2.75) is 57.1 Å². The molecule has 0 bridgehead atoms. The molecule has 7 heteroatoms. The molecule has 1 saturated heterocycles. The number of aliphatic hydroxyl groups is 1. The van der Waals surface area contributed by atoms with Crippen LogP contribution in [0.25, 0.3) is 0 Å². The van der Waals surface area contributed by atoms with E-state index in [2.05, 4.69) is 21.7 Å². The highest BCUT2D eigenvalue weighted by Crippen LogP contribution is 2.33. The van der Waals surface area contributed by atoms with E-state index in [0.717, 1.165) is 39.0 Å². The lowest BCUT2D eigenvalue weighted by atomic mass is 9.79. The zero-order valence-corrected chi connectivity index (χ0v) is 16.4. The zero-order chi connectivity index (χ0) is 19.7. The molecule has 27 heavy (non-hydrogen) atoms. The van der Waals surface area contributed by atoms with E-state index in [1.807, 2.05) is 12.1 Å². The summed E-state index contributed by atoms with van der Waals surface area (Å²) in [7, 11) is 0. The minimum Gasteiger partial charge on any atom is -0.481 e. The predicted molar refractivity (Wildman–Crippen MR) is 106 cm³/mol. The maximum absolute atomic E-state index is 10.8. The van der Waals surface area contributed by atoms with Crippen molar-refractivity contribution < 1.29 is 15.0 Å². The first-order valence-electron chi connectivity index (χ1n) is 9.99. The molecule has 1 saturated carbocycles. The van der Waals surface area contributed by atoms with E-state index in [0.29, 0.717) is 24.7 Å². The van der Waals surface area contributed by atoms with E-state index in [9.17, 15) is 9.90 Å². The van der Waals surface area contributed by atoms with Crippen LogP contribution in [0, 0.1) is 0 Å². The summed E-state index contributed by atoms with van der Waals surface area (Å²) in [5.41, 5.74) is 4.28. The monoisotopic (exact) mass is 378 g/mol. The van der Waals surface area contributed by atoms with Gasteiger partial charge >= 0.3 is 5.97 Å². The molecule has 2 fully saturated rings. The van der Waals surface area contributed by atoms with Gasteiger partial charge in [0.1, 0.15) is 5.82 Å². The Morgan fingerprint density at radius 2 is 1.93 bits per heavy atom. The standard InChI is InChI=1S/C15H28N2O3.C5H6N2/c1-2-7-16-8-10-17(11-9-16)13-3-5-15(20,6-4-13)12-14(18)19;6-5-3-1-2-4-7-5/h13,20H,2-12H2,1H3,(H,18,19);1-4H,(H2,6,7). The summed E-state index contributed by atoms with van der Waals surface area (Å²) in [6.07, 6.45) is 5.87. The first-order chi connectivity index (χ1) is 12.9. The van der Waals surface area contributed by atoms with Gasteiger partial charge in [-0.2, -0.15) is 0 Å². The van der Waals surface area contributed by atoms with Gasteiger partial charge in [0.25, 0.3) is 0 Å². The first-order valence-corrected chi connectivity index (χ1v) is 9.99. The van der Waals surface area contributed by atoms with Crippen molar-refractivity contribution in [2.24, 2.45) is 0 Å². The van der Waals surface area contributed by atoms with Crippen LogP contribution >= 0.6 is 0 Å². The number of hydrogen-bond donors (Lipinski definition) is 3. The molecule has 0 aromatic carbocycles. The third-order valence-electron chi connectivity index (χ3n) is 5.52. The molecule has 0 spiro atoms. The third-order valence-corrected chi connectivity index (χ3v) is 5.52. The lowest BCUT2D eigenvalue weighted by molar-refractivity contribution is -0.144.